The molecule has 0 aliphatic carbocycles. The highest BCUT2D eigenvalue weighted by Crippen LogP contribution is 2.32. The van der Waals surface area contributed by atoms with E-state index in [1.165, 1.54) is 19.2 Å². The first-order chi connectivity index (χ1) is 16.8. The average molecular weight is 486 g/mol. The van der Waals surface area contributed by atoms with Gasteiger partial charge in [0.1, 0.15) is 6.61 Å². The molecule has 8 heteroatoms. The Labute approximate surface area is 201 Å². The number of esters is 2. The van der Waals surface area contributed by atoms with Gasteiger partial charge in [-0.15, -0.1) is 0 Å². The SMILES string of the molecule is COC(=O)Cc1cccc(-c2ccc(C(F)(F)F)cc2)c1CNCCC(=O)OCc1ccccc1. The van der Waals surface area contributed by atoms with Gasteiger partial charge in [-0.2, -0.15) is 13.2 Å². The number of nitrogens with one attached hydrogen (secondary N) is 1. The van der Waals surface area contributed by atoms with Crippen LogP contribution in [-0.2, 0) is 44.8 Å². The zero-order valence-electron chi connectivity index (χ0n) is 19.2. The molecule has 0 aliphatic heterocycles. The van der Waals surface area contributed by atoms with Crippen LogP contribution >= 0.6 is 0 Å². The topological polar surface area (TPSA) is 64.6 Å². The molecule has 35 heavy (non-hydrogen) atoms. The molecular formula is C27H26F3NO4. The van der Waals surface area contributed by atoms with E-state index in [1.54, 1.807) is 18.2 Å². The first-order valence-electron chi connectivity index (χ1n) is 11.0. The maximum atomic E-state index is 13.0. The van der Waals surface area contributed by atoms with Gasteiger partial charge >= 0.3 is 18.1 Å². The molecule has 0 fully saturated rings. The quantitative estimate of drug-likeness (QED) is 0.311. The van der Waals surface area contributed by atoms with Gasteiger partial charge in [-0.1, -0.05) is 60.7 Å². The fourth-order valence-electron chi connectivity index (χ4n) is 3.56. The second-order valence-corrected chi connectivity index (χ2v) is 7.84. The van der Waals surface area contributed by atoms with Crippen LogP contribution in [0.25, 0.3) is 11.1 Å². The number of carbonyl (C=O) groups excluding carboxylic acids is 2. The summed E-state index contributed by atoms with van der Waals surface area (Å²) in [5.74, 6) is -0.785. The fourth-order valence-corrected chi connectivity index (χ4v) is 3.56. The van der Waals surface area contributed by atoms with Crippen molar-refractivity contribution in [3.8, 4) is 11.1 Å². The van der Waals surface area contributed by atoms with Gasteiger partial charge in [-0.05, 0) is 39.9 Å². The highest BCUT2D eigenvalue weighted by Gasteiger charge is 2.30. The summed E-state index contributed by atoms with van der Waals surface area (Å²) in [5.41, 5.74) is 2.87. The van der Waals surface area contributed by atoms with Crippen molar-refractivity contribution in [1.29, 1.82) is 0 Å². The molecule has 0 atom stereocenters. The van der Waals surface area contributed by atoms with Crippen LogP contribution in [0.2, 0.25) is 0 Å². The Bertz CT molecular complexity index is 1130. The summed E-state index contributed by atoms with van der Waals surface area (Å²) >= 11 is 0. The third kappa shape index (κ3) is 7.68. The molecule has 0 aromatic heterocycles. The van der Waals surface area contributed by atoms with E-state index in [2.05, 4.69) is 5.32 Å². The molecule has 0 saturated heterocycles. The number of rotatable bonds is 10. The van der Waals surface area contributed by atoms with E-state index in [0.29, 0.717) is 29.8 Å². The molecule has 3 aromatic rings. The van der Waals surface area contributed by atoms with Crippen molar-refractivity contribution in [3.05, 3.63) is 95.1 Å². The maximum Gasteiger partial charge on any atom is 0.416 e. The van der Waals surface area contributed by atoms with Gasteiger partial charge in [0.25, 0.3) is 0 Å². The van der Waals surface area contributed by atoms with Crippen molar-refractivity contribution < 1.29 is 32.2 Å². The van der Waals surface area contributed by atoms with E-state index in [4.69, 9.17) is 9.47 Å². The highest BCUT2D eigenvalue weighted by atomic mass is 19.4. The lowest BCUT2D eigenvalue weighted by molar-refractivity contribution is -0.145. The third-order valence-corrected chi connectivity index (χ3v) is 5.41. The van der Waals surface area contributed by atoms with E-state index in [1.807, 2.05) is 30.3 Å². The minimum absolute atomic E-state index is 0.0150. The van der Waals surface area contributed by atoms with Crippen molar-refractivity contribution >= 4 is 11.9 Å². The number of carbonyl (C=O) groups is 2. The summed E-state index contributed by atoms with van der Waals surface area (Å²) in [7, 11) is 1.29. The Hall–Kier alpha value is -3.65. The molecule has 0 aliphatic rings. The van der Waals surface area contributed by atoms with Gasteiger partial charge in [0, 0.05) is 13.1 Å². The Balaban J connectivity index is 1.69. The predicted octanol–water partition coefficient (Wildman–Crippen LogP) is 5.31. The summed E-state index contributed by atoms with van der Waals surface area (Å²) in [6.07, 6.45) is -4.27. The van der Waals surface area contributed by atoms with Crippen LogP contribution in [0.5, 0.6) is 0 Å². The second kappa shape index (κ2) is 12.2. The molecular weight excluding hydrogens is 459 g/mol. The zero-order chi connectivity index (χ0) is 25.3. The molecule has 3 aromatic carbocycles. The smallest absolute Gasteiger partial charge is 0.416 e. The van der Waals surface area contributed by atoms with Crippen molar-refractivity contribution in [3.63, 3.8) is 0 Å². The lowest BCUT2D eigenvalue weighted by Gasteiger charge is -2.16. The highest BCUT2D eigenvalue weighted by molar-refractivity contribution is 5.76. The first kappa shape index (κ1) is 26.0. The number of methoxy groups -OCH3 is 1. The number of alkyl halides is 3. The van der Waals surface area contributed by atoms with Crippen LogP contribution < -0.4 is 5.32 Å². The molecule has 0 unspecified atom stereocenters. The second-order valence-electron chi connectivity index (χ2n) is 7.84. The van der Waals surface area contributed by atoms with Crippen molar-refractivity contribution in [2.75, 3.05) is 13.7 Å². The monoisotopic (exact) mass is 485 g/mol. The van der Waals surface area contributed by atoms with Crippen molar-refractivity contribution in [1.82, 2.24) is 5.32 Å². The van der Waals surface area contributed by atoms with E-state index < -0.39 is 17.7 Å². The lowest BCUT2D eigenvalue weighted by atomic mass is 9.93. The van der Waals surface area contributed by atoms with Crippen LogP contribution in [0.1, 0.15) is 28.7 Å². The molecule has 0 heterocycles. The van der Waals surface area contributed by atoms with Gasteiger partial charge in [-0.25, -0.2) is 0 Å². The van der Waals surface area contributed by atoms with Crippen LogP contribution in [0, 0.1) is 0 Å². The fraction of sp³-hybridized carbons (Fsp3) is 0.259. The minimum Gasteiger partial charge on any atom is -0.469 e. The number of hydrogen-bond donors (Lipinski definition) is 1. The maximum absolute atomic E-state index is 13.0. The van der Waals surface area contributed by atoms with Gasteiger partial charge in [-0.3, -0.25) is 9.59 Å². The van der Waals surface area contributed by atoms with E-state index >= 15 is 0 Å². The lowest BCUT2D eigenvalue weighted by Crippen LogP contribution is -2.21. The molecule has 0 spiro atoms. The van der Waals surface area contributed by atoms with Gasteiger partial charge in [0.05, 0.1) is 25.5 Å². The number of benzene rings is 3. The molecule has 1 N–H and O–H groups in total. The first-order valence-corrected chi connectivity index (χ1v) is 11.0. The summed E-state index contributed by atoms with van der Waals surface area (Å²) in [6, 6.07) is 19.5. The average Bonchev–Trinajstić information content (AvgIpc) is 2.86. The molecule has 0 radical (unpaired) electrons. The predicted molar refractivity (Wildman–Crippen MR) is 125 cm³/mol. The summed E-state index contributed by atoms with van der Waals surface area (Å²) in [6.45, 7) is 0.821. The number of hydrogen-bond acceptors (Lipinski definition) is 5. The third-order valence-electron chi connectivity index (χ3n) is 5.41. The normalized spacial score (nSPS) is 11.2. The van der Waals surface area contributed by atoms with E-state index in [-0.39, 0.29) is 25.4 Å². The number of ether oxygens (including phenoxy) is 2. The van der Waals surface area contributed by atoms with Crippen molar-refractivity contribution in [2.24, 2.45) is 0 Å². The molecule has 0 amide bonds. The summed E-state index contributed by atoms with van der Waals surface area (Å²) in [4.78, 5) is 24.0. The van der Waals surface area contributed by atoms with E-state index in [0.717, 1.165) is 23.3 Å². The Kier molecular flexibility index (Phi) is 9.03. The van der Waals surface area contributed by atoms with Crippen LogP contribution in [0.15, 0.2) is 72.8 Å². The molecule has 0 saturated carbocycles. The van der Waals surface area contributed by atoms with Gasteiger partial charge in [0.15, 0.2) is 0 Å². The largest absolute Gasteiger partial charge is 0.469 e. The van der Waals surface area contributed by atoms with Gasteiger partial charge < -0.3 is 14.8 Å². The summed E-state index contributed by atoms with van der Waals surface area (Å²) < 4.78 is 49.0. The Morgan fingerprint density at radius 1 is 0.886 bits per heavy atom. The summed E-state index contributed by atoms with van der Waals surface area (Å²) in [5, 5.41) is 3.18. The van der Waals surface area contributed by atoms with Crippen LogP contribution in [-0.4, -0.2) is 25.6 Å². The van der Waals surface area contributed by atoms with Crippen LogP contribution in [0.3, 0.4) is 0 Å². The minimum atomic E-state index is -4.43. The Morgan fingerprint density at radius 2 is 1.60 bits per heavy atom. The van der Waals surface area contributed by atoms with Crippen LogP contribution in [0.4, 0.5) is 13.2 Å². The molecule has 3 rings (SSSR count). The number of halogens is 3. The standard InChI is InChI=1S/C27H26F3NO4/c1-34-26(33)16-21-8-5-9-23(20-10-12-22(13-11-20)27(28,29)30)24(21)17-31-15-14-25(32)35-18-19-6-3-2-4-7-19/h2-13,31H,14-18H2,1H3. The van der Waals surface area contributed by atoms with E-state index in [9.17, 15) is 22.8 Å². The van der Waals surface area contributed by atoms with Gasteiger partial charge in [0.2, 0.25) is 0 Å². The Morgan fingerprint density at radius 3 is 2.26 bits per heavy atom. The molecule has 0 bridgehead atoms. The molecule has 5 nitrogen and oxygen atoms in total. The zero-order valence-corrected chi connectivity index (χ0v) is 19.2. The van der Waals surface area contributed by atoms with Crippen molar-refractivity contribution in [2.45, 2.75) is 32.2 Å². The molecule has 184 valence electrons.